The molecule has 0 aliphatic carbocycles. The molecule has 1 N–H and O–H groups in total. The number of aromatic nitrogens is 2. The van der Waals surface area contributed by atoms with Gasteiger partial charge in [-0.25, -0.2) is 4.63 Å². The van der Waals surface area contributed by atoms with Crippen LogP contribution in [0.25, 0.3) is 0 Å². The third-order valence-electron chi connectivity index (χ3n) is 2.93. The van der Waals surface area contributed by atoms with Crippen LogP contribution in [0.2, 0.25) is 5.02 Å². The van der Waals surface area contributed by atoms with Crippen LogP contribution in [0.4, 0.5) is 0 Å². The number of hydrogen-bond acceptors (Lipinski definition) is 6. The first-order valence-electron chi connectivity index (χ1n) is 6.59. The van der Waals surface area contributed by atoms with Crippen LogP contribution in [-0.2, 0) is 17.9 Å². The molecule has 0 unspecified atom stereocenters. The first kappa shape index (κ1) is 15.8. The highest BCUT2D eigenvalue weighted by atomic mass is 35.5. The molecule has 0 aliphatic heterocycles. The molecule has 0 atom stereocenters. The minimum absolute atomic E-state index is 0.308. The summed E-state index contributed by atoms with van der Waals surface area (Å²) in [6.07, 6.45) is 0. The van der Waals surface area contributed by atoms with Gasteiger partial charge in [0.05, 0.1) is 6.61 Å². The van der Waals surface area contributed by atoms with Crippen molar-refractivity contribution >= 4 is 11.6 Å². The van der Waals surface area contributed by atoms with Gasteiger partial charge in [0, 0.05) is 30.8 Å². The average Bonchev–Trinajstić information content (AvgIpc) is 2.88. The molecule has 114 valence electrons. The van der Waals surface area contributed by atoms with Crippen LogP contribution in [0.15, 0.2) is 22.8 Å². The zero-order chi connectivity index (χ0) is 15.1. The van der Waals surface area contributed by atoms with Crippen LogP contribution in [0.3, 0.4) is 0 Å². The van der Waals surface area contributed by atoms with E-state index in [4.69, 9.17) is 21.1 Å². The Morgan fingerprint density at radius 3 is 2.90 bits per heavy atom. The number of methoxy groups -OCH3 is 1. The van der Waals surface area contributed by atoms with Gasteiger partial charge in [0.2, 0.25) is 0 Å². The van der Waals surface area contributed by atoms with Crippen LogP contribution in [-0.4, -0.2) is 30.6 Å². The molecule has 1 aromatic carbocycles. The number of nitrogens with zero attached hydrogens (tertiary/aromatic N) is 2. The molecule has 0 amide bonds. The summed E-state index contributed by atoms with van der Waals surface area (Å²) in [5.74, 6) is 0.756. The lowest BCUT2D eigenvalue weighted by Gasteiger charge is -2.12. The van der Waals surface area contributed by atoms with E-state index in [-0.39, 0.29) is 0 Å². The predicted molar refractivity (Wildman–Crippen MR) is 78.4 cm³/mol. The second-order valence-electron chi connectivity index (χ2n) is 4.51. The van der Waals surface area contributed by atoms with E-state index in [1.807, 2.05) is 19.1 Å². The summed E-state index contributed by atoms with van der Waals surface area (Å²) >= 11 is 6.04. The molecule has 2 aromatic rings. The lowest BCUT2D eigenvalue weighted by Crippen LogP contribution is -2.19. The molecule has 0 bridgehead atoms. The molecule has 1 aromatic heterocycles. The van der Waals surface area contributed by atoms with Crippen LogP contribution in [0.5, 0.6) is 5.75 Å². The lowest BCUT2D eigenvalue weighted by molar-refractivity contribution is 0.199. The number of benzene rings is 1. The summed E-state index contributed by atoms with van der Waals surface area (Å²) < 4.78 is 15.4. The number of aryl methyl sites for hydroxylation is 1. The fraction of sp³-hybridized carbons (Fsp3) is 0.429. The monoisotopic (exact) mass is 311 g/mol. The van der Waals surface area contributed by atoms with E-state index in [1.54, 1.807) is 13.2 Å². The molecular formula is C14H18ClN3O3. The van der Waals surface area contributed by atoms with E-state index < -0.39 is 0 Å². The van der Waals surface area contributed by atoms with Crippen molar-refractivity contribution in [1.82, 2.24) is 15.6 Å². The maximum Gasteiger partial charge on any atom is 0.145 e. The topological polar surface area (TPSA) is 69.4 Å². The number of nitrogens with one attached hydrogen (secondary N) is 1. The summed E-state index contributed by atoms with van der Waals surface area (Å²) in [6, 6.07) is 5.52. The molecule has 0 spiro atoms. The molecule has 0 fully saturated rings. The highest BCUT2D eigenvalue weighted by Crippen LogP contribution is 2.23. The first-order chi connectivity index (χ1) is 10.2. The zero-order valence-electron chi connectivity index (χ0n) is 12.1. The van der Waals surface area contributed by atoms with Gasteiger partial charge in [-0.05, 0) is 25.1 Å². The SMILES string of the molecule is COCCNCc1cc(Cl)ccc1OCc1nonc1C. The zero-order valence-corrected chi connectivity index (χ0v) is 12.8. The van der Waals surface area contributed by atoms with Crippen molar-refractivity contribution in [2.24, 2.45) is 0 Å². The van der Waals surface area contributed by atoms with Crippen LogP contribution in [0, 0.1) is 6.92 Å². The second kappa shape index (κ2) is 7.97. The van der Waals surface area contributed by atoms with E-state index in [9.17, 15) is 0 Å². The van der Waals surface area contributed by atoms with Gasteiger partial charge in [-0.2, -0.15) is 0 Å². The van der Waals surface area contributed by atoms with Gasteiger partial charge >= 0.3 is 0 Å². The van der Waals surface area contributed by atoms with Crippen molar-refractivity contribution in [3.8, 4) is 5.75 Å². The maximum atomic E-state index is 6.04. The molecular weight excluding hydrogens is 294 g/mol. The fourth-order valence-corrected chi connectivity index (χ4v) is 1.95. The van der Waals surface area contributed by atoms with E-state index >= 15 is 0 Å². The number of ether oxygens (including phenoxy) is 2. The third kappa shape index (κ3) is 4.70. The smallest absolute Gasteiger partial charge is 0.145 e. The summed E-state index contributed by atoms with van der Waals surface area (Å²) in [6.45, 7) is 4.19. The Hall–Kier alpha value is -1.63. The molecule has 0 radical (unpaired) electrons. The van der Waals surface area contributed by atoms with Crippen LogP contribution in [0.1, 0.15) is 17.0 Å². The highest BCUT2D eigenvalue weighted by molar-refractivity contribution is 6.30. The molecule has 6 nitrogen and oxygen atoms in total. The molecule has 1 heterocycles. The van der Waals surface area contributed by atoms with E-state index in [2.05, 4.69) is 20.3 Å². The van der Waals surface area contributed by atoms with Gasteiger partial charge in [0.25, 0.3) is 0 Å². The largest absolute Gasteiger partial charge is 0.487 e. The Morgan fingerprint density at radius 2 is 2.19 bits per heavy atom. The Kier molecular flexibility index (Phi) is 5.98. The van der Waals surface area contributed by atoms with Crippen molar-refractivity contribution in [3.63, 3.8) is 0 Å². The van der Waals surface area contributed by atoms with Gasteiger partial charge in [-0.15, -0.1) is 0 Å². The highest BCUT2D eigenvalue weighted by Gasteiger charge is 2.09. The van der Waals surface area contributed by atoms with Crippen LogP contribution < -0.4 is 10.1 Å². The van der Waals surface area contributed by atoms with E-state index in [0.29, 0.717) is 30.5 Å². The van der Waals surface area contributed by atoms with Gasteiger partial charge < -0.3 is 14.8 Å². The van der Waals surface area contributed by atoms with Gasteiger partial charge in [0.1, 0.15) is 23.7 Å². The van der Waals surface area contributed by atoms with Crippen molar-refractivity contribution in [3.05, 3.63) is 40.2 Å². The molecule has 2 rings (SSSR count). The normalized spacial score (nSPS) is 10.8. The Labute approximate surface area is 128 Å². The fourth-order valence-electron chi connectivity index (χ4n) is 1.75. The van der Waals surface area contributed by atoms with E-state index in [0.717, 1.165) is 23.6 Å². The molecule has 0 aliphatic rings. The quantitative estimate of drug-likeness (QED) is 0.755. The third-order valence-corrected chi connectivity index (χ3v) is 3.17. The van der Waals surface area contributed by atoms with Gasteiger partial charge in [-0.1, -0.05) is 21.9 Å². The maximum absolute atomic E-state index is 6.04. The number of rotatable bonds is 8. The van der Waals surface area contributed by atoms with Crippen molar-refractivity contribution < 1.29 is 14.1 Å². The summed E-state index contributed by atoms with van der Waals surface area (Å²) in [5.41, 5.74) is 2.39. The lowest BCUT2D eigenvalue weighted by atomic mass is 10.2. The van der Waals surface area contributed by atoms with E-state index in [1.165, 1.54) is 0 Å². The summed E-state index contributed by atoms with van der Waals surface area (Å²) in [4.78, 5) is 0. The van der Waals surface area contributed by atoms with Gasteiger partial charge in [0.15, 0.2) is 0 Å². The number of hydrogen-bond donors (Lipinski definition) is 1. The number of halogens is 1. The van der Waals surface area contributed by atoms with Crippen molar-refractivity contribution in [1.29, 1.82) is 0 Å². The summed E-state index contributed by atoms with van der Waals surface area (Å²) in [5, 5.41) is 11.5. The minimum Gasteiger partial charge on any atom is -0.487 e. The molecule has 0 saturated carbocycles. The Balaban J connectivity index is 1.99. The minimum atomic E-state index is 0.308. The summed E-state index contributed by atoms with van der Waals surface area (Å²) in [7, 11) is 1.67. The molecule has 21 heavy (non-hydrogen) atoms. The van der Waals surface area contributed by atoms with Crippen molar-refractivity contribution in [2.45, 2.75) is 20.1 Å². The Morgan fingerprint density at radius 1 is 1.33 bits per heavy atom. The second-order valence-corrected chi connectivity index (χ2v) is 4.94. The van der Waals surface area contributed by atoms with Gasteiger partial charge in [-0.3, -0.25) is 0 Å². The van der Waals surface area contributed by atoms with Crippen LogP contribution >= 0.6 is 11.6 Å². The predicted octanol–water partition coefficient (Wildman–Crippen LogP) is 2.35. The first-order valence-corrected chi connectivity index (χ1v) is 6.97. The standard InChI is InChI=1S/C14H18ClN3O3/c1-10-13(18-21-17-10)9-20-14-4-3-12(15)7-11(14)8-16-5-6-19-2/h3-4,7,16H,5-6,8-9H2,1-2H3. The molecule has 7 heteroatoms. The Bertz CT molecular complexity index is 574. The molecule has 0 saturated heterocycles. The average molecular weight is 312 g/mol. The van der Waals surface area contributed by atoms with Crippen molar-refractivity contribution in [2.75, 3.05) is 20.3 Å².